The molecular weight excluding hydrogens is 252 g/mol. The first-order valence-electron chi connectivity index (χ1n) is 7.77. The fourth-order valence-electron chi connectivity index (χ4n) is 2.22. The van der Waals surface area contributed by atoms with Gasteiger partial charge in [0, 0.05) is 0 Å². The Balaban J connectivity index is 6.10. The molecule has 0 unspecified atom stereocenters. The molecule has 0 aliphatic carbocycles. The van der Waals surface area contributed by atoms with E-state index in [2.05, 4.69) is 82.9 Å². The molecule has 0 nitrogen and oxygen atoms in total. The molecule has 0 aliphatic rings. The van der Waals surface area contributed by atoms with E-state index < -0.39 is 0 Å². The van der Waals surface area contributed by atoms with E-state index in [9.17, 15) is 0 Å². The van der Waals surface area contributed by atoms with Crippen LogP contribution >= 0.6 is 0 Å². The number of allylic oxidation sites excluding steroid dienone is 13. The van der Waals surface area contributed by atoms with E-state index in [1.165, 1.54) is 22.3 Å². The van der Waals surface area contributed by atoms with Crippen LogP contribution in [-0.4, -0.2) is 0 Å². The first-order chi connectivity index (χ1) is 10.2. The largest absolute Gasteiger partial charge is 0.0990 e. The summed E-state index contributed by atoms with van der Waals surface area (Å²) in [7, 11) is 0. The normalized spacial score (nSPS) is 15.3. The van der Waals surface area contributed by atoms with Crippen LogP contribution in [-0.2, 0) is 0 Å². The maximum absolute atomic E-state index is 3.88. The van der Waals surface area contributed by atoms with Crippen molar-refractivity contribution in [3.05, 3.63) is 83.6 Å². The molecule has 0 aromatic heterocycles. The molecule has 0 rings (SSSR count). The molecule has 0 atom stereocenters. The van der Waals surface area contributed by atoms with Crippen LogP contribution in [0, 0.1) is 0 Å². The van der Waals surface area contributed by atoms with E-state index in [0.717, 1.165) is 12.8 Å². The van der Waals surface area contributed by atoms with E-state index in [1.807, 2.05) is 13.0 Å². The Hall–Kier alpha value is -1.82. The lowest BCUT2D eigenvalue weighted by molar-refractivity contribution is 0.914. The highest BCUT2D eigenvalue weighted by atomic mass is 14.1. The van der Waals surface area contributed by atoms with Crippen LogP contribution in [0.1, 0.15) is 47.5 Å². The predicted molar refractivity (Wildman–Crippen MR) is 98.4 cm³/mol. The lowest BCUT2D eigenvalue weighted by Crippen LogP contribution is -1.96. The third kappa shape index (κ3) is 6.94. The quantitative estimate of drug-likeness (QED) is 0.426. The molecule has 0 radical (unpaired) electrons. The second-order valence-electron chi connectivity index (χ2n) is 4.88. The van der Waals surface area contributed by atoms with Gasteiger partial charge in [0.2, 0.25) is 0 Å². The van der Waals surface area contributed by atoms with Gasteiger partial charge in [-0.3, -0.25) is 0 Å². The van der Waals surface area contributed by atoms with Crippen molar-refractivity contribution in [3.8, 4) is 0 Å². The van der Waals surface area contributed by atoms with Crippen molar-refractivity contribution in [2.75, 3.05) is 0 Å². The Morgan fingerprint density at radius 2 is 1.62 bits per heavy atom. The van der Waals surface area contributed by atoms with Gasteiger partial charge in [0.1, 0.15) is 0 Å². The lowest BCUT2D eigenvalue weighted by atomic mass is 9.90. The van der Waals surface area contributed by atoms with Gasteiger partial charge in [-0.15, -0.1) is 0 Å². The zero-order valence-electron chi connectivity index (χ0n) is 14.3. The van der Waals surface area contributed by atoms with Crippen molar-refractivity contribution in [1.82, 2.24) is 0 Å². The molecule has 0 aliphatic heterocycles. The van der Waals surface area contributed by atoms with E-state index in [1.54, 1.807) is 0 Å². The zero-order valence-corrected chi connectivity index (χ0v) is 14.3. The van der Waals surface area contributed by atoms with Gasteiger partial charge in [-0.05, 0) is 56.4 Å². The lowest BCUT2D eigenvalue weighted by Gasteiger charge is -2.15. The van der Waals surface area contributed by atoms with Crippen LogP contribution < -0.4 is 0 Å². The Labute approximate surface area is 131 Å². The van der Waals surface area contributed by atoms with Crippen molar-refractivity contribution in [2.24, 2.45) is 0 Å². The molecule has 0 aromatic carbocycles. The summed E-state index contributed by atoms with van der Waals surface area (Å²) in [5.41, 5.74) is 5.15. The van der Waals surface area contributed by atoms with Gasteiger partial charge in [-0.2, -0.15) is 0 Å². The highest BCUT2D eigenvalue weighted by Gasteiger charge is 2.09. The molecule has 0 saturated carbocycles. The van der Waals surface area contributed by atoms with Crippen molar-refractivity contribution < 1.29 is 0 Å². The Morgan fingerprint density at radius 1 is 0.952 bits per heavy atom. The van der Waals surface area contributed by atoms with E-state index in [4.69, 9.17) is 0 Å². The summed E-state index contributed by atoms with van der Waals surface area (Å²) in [6.45, 7) is 14.4. The number of rotatable bonds is 8. The summed E-state index contributed by atoms with van der Waals surface area (Å²) in [5, 5.41) is 0. The molecular formula is C21H30. The summed E-state index contributed by atoms with van der Waals surface area (Å²) in [4.78, 5) is 0. The zero-order chi connectivity index (χ0) is 16.1. The van der Waals surface area contributed by atoms with Crippen LogP contribution in [0.25, 0.3) is 0 Å². The van der Waals surface area contributed by atoms with E-state index in [-0.39, 0.29) is 0 Å². The minimum Gasteiger partial charge on any atom is -0.0990 e. The molecule has 0 aromatic rings. The molecule has 0 bridgehead atoms. The summed E-state index contributed by atoms with van der Waals surface area (Å²) in [5.74, 6) is 0. The second-order valence-corrected chi connectivity index (χ2v) is 4.88. The first kappa shape index (κ1) is 19.2. The molecule has 0 amide bonds. The molecule has 21 heavy (non-hydrogen) atoms. The molecule has 0 heterocycles. The van der Waals surface area contributed by atoms with Crippen molar-refractivity contribution in [2.45, 2.75) is 47.5 Å². The predicted octanol–water partition coefficient (Wildman–Crippen LogP) is 6.87. The highest BCUT2D eigenvalue weighted by Crippen LogP contribution is 2.28. The summed E-state index contributed by atoms with van der Waals surface area (Å²) < 4.78 is 0. The van der Waals surface area contributed by atoms with Gasteiger partial charge >= 0.3 is 0 Å². The Bertz CT molecular complexity index is 488. The molecule has 0 saturated heterocycles. The summed E-state index contributed by atoms with van der Waals surface area (Å²) >= 11 is 0. The van der Waals surface area contributed by atoms with Crippen molar-refractivity contribution in [3.63, 3.8) is 0 Å². The smallest absolute Gasteiger partial charge is 0.0150 e. The minimum atomic E-state index is 1.06. The SMILES string of the molecule is C=C/C=C(C(=C/C=C\C)\CCC)/C(/C=C\C)=C(C)/C=C\C. The van der Waals surface area contributed by atoms with Crippen LogP contribution in [0.2, 0.25) is 0 Å². The van der Waals surface area contributed by atoms with Gasteiger partial charge in [-0.25, -0.2) is 0 Å². The molecule has 0 fully saturated rings. The van der Waals surface area contributed by atoms with Gasteiger partial charge in [-0.1, -0.05) is 74.6 Å². The average Bonchev–Trinajstić information content (AvgIpc) is 2.47. The van der Waals surface area contributed by atoms with Crippen LogP contribution in [0.4, 0.5) is 0 Å². The number of hydrogen-bond acceptors (Lipinski definition) is 0. The molecule has 0 N–H and O–H groups in total. The minimum absolute atomic E-state index is 1.06. The van der Waals surface area contributed by atoms with Crippen LogP contribution in [0.5, 0.6) is 0 Å². The van der Waals surface area contributed by atoms with Crippen LogP contribution in [0.15, 0.2) is 83.6 Å². The molecule has 114 valence electrons. The van der Waals surface area contributed by atoms with Crippen LogP contribution in [0.3, 0.4) is 0 Å². The Kier molecular flexibility index (Phi) is 10.9. The fourth-order valence-corrected chi connectivity index (χ4v) is 2.22. The number of hydrogen-bond donors (Lipinski definition) is 0. The second kappa shape index (κ2) is 12.0. The molecule has 0 spiro atoms. The van der Waals surface area contributed by atoms with E-state index in [0.29, 0.717) is 0 Å². The van der Waals surface area contributed by atoms with Gasteiger partial charge < -0.3 is 0 Å². The Morgan fingerprint density at radius 3 is 2.10 bits per heavy atom. The third-order valence-electron chi connectivity index (χ3n) is 3.10. The third-order valence-corrected chi connectivity index (χ3v) is 3.10. The first-order valence-corrected chi connectivity index (χ1v) is 7.77. The summed E-state index contributed by atoms with van der Waals surface area (Å²) in [6, 6.07) is 0. The maximum atomic E-state index is 3.88. The van der Waals surface area contributed by atoms with Gasteiger partial charge in [0.15, 0.2) is 0 Å². The highest BCUT2D eigenvalue weighted by molar-refractivity contribution is 5.57. The maximum Gasteiger partial charge on any atom is -0.0150 e. The van der Waals surface area contributed by atoms with Gasteiger partial charge in [0.25, 0.3) is 0 Å². The standard InChI is InChI=1S/C21H30/c1-7-12-17-19(14-9-3)21(16-11-5)20(15-10-4)18(6)13-8-2/h7-8,10-13,15-17H,5,9,14H2,1-4,6H3/b12-7-,13-8-,15-10-,19-17-,20-18+,21-16+. The monoisotopic (exact) mass is 282 g/mol. The van der Waals surface area contributed by atoms with Crippen molar-refractivity contribution in [1.29, 1.82) is 0 Å². The van der Waals surface area contributed by atoms with Crippen molar-refractivity contribution >= 4 is 0 Å². The topological polar surface area (TPSA) is 0 Å². The average molecular weight is 282 g/mol. The van der Waals surface area contributed by atoms with Gasteiger partial charge in [0.05, 0.1) is 0 Å². The summed E-state index contributed by atoms with van der Waals surface area (Å²) in [6.07, 6.45) is 21.1. The van der Waals surface area contributed by atoms with E-state index >= 15 is 0 Å². The molecule has 0 heteroatoms. The fraction of sp³-hybridized carbons (Fsp3) is 0.333.